The van der Waals surface area contributed by atoms with E-state index >= 15 is 0 Å². The van der Waals surface area contributed by atoms with Crippen LogP contribution in [-0.4, -0.2) is 41.7 Å². The summed E-state index contributed by atoms with van der Waals surface area (Å²) in [5.41, 5.74) is -1.61. The van der Waals surface area contributed by atoms with Crippen LogP contribution in [0.2, 0.25) is 20.1 Å². The minimum absolute atomic E-state index is 0.145. The second kappa shape index (κ2) is 9.99. The molecule has 0 radical (unpaired) electrons. The maximum absolute atomic E-state index is 12.7. The van der Waals surface area contributed by atoms with E-state index in [1.54, 1.807) is 0 Å². The first kappa shape index (κ1) is 26.1. The van der Waals surface area contributed by atoms with Crippen LogP contribution < -0.4 is 5.32 Å². The maximum atomic E-state index is 12.7. The van der Waals surface area contributed by atoms with Crippen LogP contribution in [0.5, 0.6) is 0 Å². The molecule has 0 spiro atoms. The lowest BCUT2D eigenvalue weighted by molar-refractivity contribution is -0.147. The minimum atomic E-state index is -4.59. The van der Waals surface area contributed by atoms with Gasteiger partial charge in [-0.3, -0.25) is 24.1 Å². The summed E-state index contributed by atoms with van der Waals surface area (Å²) in [6, 6.07) is 3.88. The van der Waals surface area contributed by atoms with Gasteiger partial charge in [-0.15, -0.1) is 0 Å². The van der Waals surface area contributed by atoms with Crippen molar-refractivity contribution in [2.75, 3.05) is 18.5 Å². The molecule has 0 bridgehead atoms. The second-order valence-corrected chi connectivity index (χ2v) is 8.32. The summed E-state index contributed by atoms with van der Waals surface area (Å²) < 4.78 is 43.0. The highest BCUT2D eigenvalue weighted by molar-refractivity contribution is 6.55. The van der Waals surface area contributed by atoms with Gasteiger partial charge in [-0.25, -0.2) is 0 Å². The van der Waals surface area contributed by atoms with Crippen molar-refractivity contribution < 1.29 is 37.1 Å². The average Bonchev–Trinajstić information content (AvgIpc) is 3.02. The summed E-state index contributed by atoms with van der Waals surface area (Å²) in [7, 11) is 0. The van der Waals surface area contributed by atoms with E-state index in [1.807, 2.05) is 0 Å². The zero-order valence-electron chi connectivity index (χ0n) is 16.6. The Hall–Kier alpha value is -2.53. The number of hydrogen-bond donors (Lipinski definition) is 1. The third kappa shape index (κ3) is 5.25. The van der Waals surface area contributed by atoms with Crippen LogP contribution in [0.15, 0.2) is 24.3 Å². The van der Waals surface area contributed by atoms with Gasteiger partial charge in [0.25, 0.3) is 17.7 Å². The number of nitrogens with one attached hydrogen (secondary N) is 1. The Labute approximate surface area is 209 Å². The van der Waals surface area contributed by atoms with E-state index < -0.39 is 55.0 Å². The number of anilines is 1. The molecule has 2 aromatic carbocycles. The zero-order valence-corrected chi connectivity index (χ0v) is 19.6. The molecule has 0 aromatic heterocycles. The van der Waals surface area contributed by atoms with Gasteiger partial charge in [-0.2, -0.15) is 13.2 Å². The number of carbonyl (C=O) groups is 4. The van der Waals surface area contributed by atoms with Gasteiger partial charge in [0, 0.05) is 12.2 Å². The molecule has 0 unspecified atom stereocenters. The molecule has 34 heavy (non-hydrogen) atoms. The molecule has 2 aromatic rings. The standard InChI is InChI=1S/C20H11Cl4F3N2O5/c21-14-12-13(15(22)17(24)16(14)23)19(33)29(18(12)32)5-4-11(31)34-7-10(30)28-9-3-1-2-8(6-9)20(25,26)27/h1-3,6H,4-5,7H2,(H,28,30). The van der Waals surface area contributed by atoms with Gasteiger partial charge in [0.15, 0.2) is 6.61 Å². The zero-order chi connectivity index (χ0) is 25.4. The minimum Gasteiger partial charge on any atom is -0.456 e. The van der Waals surface area contributed by atoms with Crippen LogP contribution in [0.4, 0.5) is 18.9 Å². The van der Waals surface area contributed by atoms with Crippen molar-refractivity contribution in [1.29, 1.82) is 0 Å². The maximum Gasteiger partial charge on any atom is 0.416 e. The van der Waals surface area contributed by atoms with Gasteiger partial charge in [0.2, 0.25) is 0 Å². The van der Waals surface area contributed by atoms with Crippen LogP contribution in [0.1, 0.15) is 32.7 Å². The molecular formula is C20H11Cl4F3N2O5. The predicted octanol–water partition coefficient (Wildman–Crippen LogP) is 5.49. The fourth-order valence-corrected chi connectivity index (χ4v) is 4.00. The normalized spacial score (nSPS) is 13.2. The number of carbonyl (C=O) groups excluding carboxylic acids is 4. The number of fused-ring (bicyclic) bond motifs is 1. The molecule has 1 aliphatic heterocycles. The summed E-state index contributed by atoms with van der Waals surface area (Å²) in [6.45, 7) is -1.23. The highest BCUT2D eigenvalue weighted by Crippen LogP contribution is 2.44. The number of benzene rings is 2. The highest BCUT2D eigenvalue weighted by Gasteiger charge is 2.41. The van der Waals surface area contributed by atoms with Crippen molar-refractivity contribution >= 4 is 75.8 Å². The van der Waals surface area contributed by atoms with Crippen molar-refractivity contribution in [2.45, 2.75) is 12.6 Å². The van der Waals surface area contributed by atoms with Crippen molar-refractivity contribution in [3.8, 4) is 0 Å². The second-order valence-electron chi connectivity index (χ2n) is 6.81. The summed E-state index contributed by atoms with van der Waals surface area (Å²) in [4.78, 5) is 49.7. The Bertz CT molecular complexity index is 1170. The van der Waals surface area contributed by atoms with Crippen LogP contribution in [0, 0.1) is 0 Å². The number of imide groups is 1. The highest BCUT2D eigenvalue weighted by atomic mass is 35.5. The quantitative estimate of drug-likeness (QED) is 0.219. The van der Waals surface area contributed by atoms with E-state index in [0.29, 0.717) is 4.90 Å². The number of nitrogens with zero attached hydrogens (tertiary/aromatic N) is 1. The van der Waals surface area contributed by atoms with Crippen LogP contribution in [-0.2, 0) is 20.5 Å². The Morgan fingerprint density at radius 3 is 2.03 bits per heavy atom. The number of ether oxygens (including phenoxy) is 1. The molecule has 3 amide bonds. The van der Waals surface area contributed by atoms with Crippen LogP contribution in [0.25, 0.3) is 0 Å². The lowest BCUT2D eigenvalue weighted by Crippen LogP contribution is -2.32. The molecule has 1 N–H and O–H groups in total. The van der Waals surface area contributed by atoms with E-state index in [-0.39, 0.29) is 36.9 Å². The van der Waals surface area contributed by atoms with E-state index in [2.05, 4.69) is 5.32 Å². The molecule has 0 saturated heterocycles. The number of rotatable bonds is 6. The Kier molecular flexibility index (Phi) is 7.66. The van der Waals surface area contributed by atoms with Crippen LogP contribution >= 0.6 is 46.4 Å². The monoisotopic (exact) mass is 556 g/mol. The molecule has 1 aliphatic rings. The molecule has 0 saturated carbocycles. The fourth-order valence-electron chi connectivity index (χ4n) is 2.99. The lowest BCUT2D eigenvalue weighted by atomic mass is 10.1. The van der Waals surface area contributed by atoms with Crippen molar-refractivity contribution in [3.05, 3.63) is 61.0 Å². The first-order valence-corrected chi connectivity index (χ1v) is 10.7. The molecule has 180 valence electrons. The first-order chi connectivity index (χ1) is 15.8. The number of amides is 3. The Morgan fingerprint density at radius 1 is 0.941 bits per heavy atom. The third-order valence-corrected chi connectivity index (χ3v) is 6.36. The van der Waals surface area contributed by atoms with E-state index in [4.69, 9.17) is 51.1 Å². The molecule has 0 aliphatic carbocycles. The summed E-state index contributed by atoms with van der Waals surface area (Å²) in [5.74, 6) is -3.54. The average molecular weight is 558 g/mol. The molecule has 1 heterocycles. The van der Waals surface area contributed by atoms with Gasteiger partial charge in [0.1, 0.15) is 0 Å². The number of esters is 1. The summed E-state index contributed by atoms with van der Waals surface area (Å²) in [6.07, 6.45) is -5.08. The SMILES string of the molecule is O=C(COC(=O)CCN1C(=O)c2c(Cl)c(Cl)c(Cl)c(Cl)c2C1=O)Nc1cccc(C(F)(F)F)c1. The molecule has 3 rings (SSSR count). The van der Waals surface area contributed by atoms with Crippen molar-refractivity contribution in [2.24, 2.45) is 0 Å². The molecular weight excluding hydrogens is 547 g/mol. The van der Waals surface area contributed by atoms with Crippen molar-refractivity contribution in [1.82, 2.24) is 4.90 Å². The number of halogens is 7. The fraction of sp³-hybridized carbons (Fsp3) is 0.200. The smallest absolute Gasteiger partial charge is 0.416 e. The number of alkyl halides is 3. The van der Waals surface area contributed by atoms with Gasteiger partial charge >= 0.3 is 12.1 Å². The number of hydrogen-bond acceptors (Lipinski definition) is 5. The van der Waals surface area contributed by atoms with E-state index in [1.165, 1.54) is 6.07 Å². The largest absolute Gasteiger partial charge is 0.456 e. The lowest BCUT2D eigenvalue weighted by Gasteiger charge is -2.13. The van der Waals surface area contributed by atoms with Gasteiger partial charge < -0.3 is 10.1 Å². The van der Waals surface area contributed by atoms with Crippen LogP contribution in [0.3, 0.4) is 0 Å². The first-order valence-electron chi connectivity index (χ1n) is 9.17. The Morgan fingerprint density at radius 2 is 1.50 bits per heavy atom. The Balaban J connectivity index is 1.56. The van der Waals surface area contributed by atoms with E-state index in [0.717, 1.165) is 18.2 Å². The predicted molar refractivity (Wildman–Crippen MR) is 117 cm³/mol. The summed E-state index contributed by atoms with van der Waals surface area (Å²) >= 11 is 23.9. The summed E-state index contributed by atoms with van der Waals surface area (Å²) in [5, 5.41) is 1.23. The topological polar surface area (TPSA) is 92.8 Å². The molecule has 7 nitrogen and oxygen atoms in total. The molecule has 14 heteroatoms. The third-order valence-electron chi connectivity index (χ3n) is 4.56. The van der Waals surface area contributed by atoms with Gasteiger partial charge in [-0.05, 0) is 18.2 Å². The van der Waals surface area contributed by atoms with Crippen molar-refractivity contribution in [3.63, 3.8) is 0 Å². The molecule has 0 atom stereocenters. The van der Waals surface area contributed by atoms with Gasteiger partial charge in [0.05, 0.1) is 43.2 Å². The van der Waals surface area contributed by atoms with Gasteiger partial charge in [-0.1, -0.05) is 52.5 Å². The molecule has 0 fully saturated rings. The van der Waals surface area contributed by atoms with E-state index in [9.17, 15) is 32.3 Å².